The molecule has 0 saturated heterocycles. The number of hydrogen-bond acceptors (Lipinski definition) is 5. The van der Waals surface area contributed by atoms with Crippen molar-refractivity contribution in [1.29, 1.82) is 0 Å². The standard InChI is InChI=1S/C23H38N2O5/c1-18(2)12-13-20(24-21(27)30-17-19-10-7-6-8-11-19)16-25(23(3,4)5)22(28)29-15-9-14-26/h6-8,10-11,18,20,26H,9,12-17H2,1-5H3,(H,24,27). The molecule has 7 nitrogen and oxygen atoms in total. The van der Waals surface area contributed by atoms with Crippen LogP contribution in [-0.2, 0) is 16.1 Å². The van der Waals surface area contributed by atoms with Crippen molar-refractivity contribution >= 4 is 12.2 Å². The number of alkyl carbamates (subject to hydrolysis) is 1. The lowest BCUT2D eigenvalue weighted by Crippen LogP contribution is -2.53. The van der Waals surface area contributed by atoms with Gasteiger partial charge in [0.1, 0.15) is 6.61 Å². The first-order chi connectivity index (χ1) is 14.1. The summed E-state index contributed by atoms with van der Waals surface area (Å²) in [4.78, 5) is 26.6. The van der Waals surface area contributed by atoms with Gasteiger partial charge >= 0.3 is 12.2 Å². The molecule has 0 aliphatic heterocycles. The summed E-state index contributed by atoms with van der Waals surface area (Å²) in [6, 6.07) is 9.23. The second kappa shape index (κ2) is 13.1. The third-order valence-electron chi connectivity index (χ3n) is 4.59. The molecule has 1 atom stereocenters. The molecule has 0 fully saturated rings. The highest BCUT2D eigenvalue weighted by Gasteiger charge is 2.31. The Bertz CT molecular complexity index is 628. The summed E-state index contributed by atoms with van der Waals surface area (Å²) in [7, 11) is 0. The molecule has 0 aromatic heterocycles. The van der Waals surface area contributed by atoms with E-state index in [1.54, 1.807) is 4.90 Å². The molecule has 30 heavy (non-hydrogen) atoms. The van der Waals surface area contributed by atoms with E-state index in [1.165, 1.54) is 0 Å². The van der Waals surface area contributed by atoms with Crippen LogP contribution in [-0.4, -0.2) is 53.5 Å². The topological polar surface area (TPSA) is 88.1 Å². The van der Waals surface area contributed by atoms with Crippen LogP contribution in [0, 0.1) is 5.92 Å². The summed E-state index contributed by atoms with van der Waals surface area (Å²) < 4.78 is 10.7. The molecule has 2 amide bonds. The second-order valence-corrected chi connectivity index (χ2v) is 8.85. The molecule has 0 bridgehead atoms. The molecule has 2 N–H and O–H groups in total. The average molecular weight is 423 g/mol. The number of aliphatic hydroxyl groups excluding tert-OH is 1. The van der Waals surface area contributed by atoms with Gasteiger partial charge in [-0.05, 0) is 45.1 Å². The molecule has 0 aliphatic carbocycles. The smallest absolute Gasteiger partial charge is 0.410 e. The van der Waals surface area contributed by atoms with Gasteiger partial charge in [-0.25, -0.2) is 9.59 Å². The van der Waals surface area contributed by atoms with Crippen LogP contribution >= 0.6 is 0 Å². The lowest BCUT2D eigenvalue weighted by atomic mass is 10.0. The van der Waals surface area contributed by atoms with E-state index in [2.05, 4.69) is 19.2 Å². The molecule has 1 aromatic carbocycles. The maximum Gasteiger partial charge on any atom is 0.410 e. The molecule has 7 heteroatoms. The Morgan fingerprint density at radius 3 is 2.33 bits per heavy atom. The lowest BCUT2D eigenvalue weighted by Gasteiger charge is -2.37. The highest BCUT2D eigenvalue weighted by atomic mass is 16.6. The van der Waals surface area contributed by atoms with Crippen molar-refractivity contribution in [3.8, 4) is 0 Å². The monoisotopic (exact) mass is 422 g/mol. The summed E-state index contributed by atoms with van der Waals surface area (Å²) in [6.45, 7) is 10.6. The van der Waals surface area contributed by atoms with Gasteiger partial charge in [-0.2, -0.15) is 0 Å². The fourth-order valence-corrected chi connectivity index (χ4v) is 2.82. The van der Waals surface area contributed by atoms with Gasteiger partial charge < -0.3 is 24.8 Å². The SMILES string of the molecule is CC(C)CCC(CN(C(=O)OCCCO)C(C)(C)C)NC(=O)OCc1ccccc1. The van der Waals surface area contributed by atoms with Crippen molar-refractivity contribution in [2.24, 2.45) is 5.92 Å². The maximum absolute atomic E-state index is 12.6. The van der Waals surface area contributed by atoms with Crippen molar-refractivity contribution in [3.63, 3.8) is 0 Å². The third kappa shape index (κ3) is 10.5. The number of ether oxygens (including phenoxy) is 2. The second-order valence-electron chi connectivity index (χ2n) is 8.85. The summed E-state index contributed by atoms with van der Waals surface area (Å²) in [5, 5.41) is 11.8. The first kappa shape index (κ1) is 25.8. The number of nitrogens with one attached hydrogen (secondary N) is 1. The minimum absolute atomic E-state index is 0.0331. The molecule has 170 valence electrons. The minimum Gasteiger partial charge on any atom is -0.449 e. The zero-order chi connectivity index (χ0) is 22.6. The van der Waals surface area contributed by atoms with E-state index in [0.29, 0.717) is 25.3 Å². The third-order valence-corrected chi connectivity index (χ3v) is 4.59. The highest BCUT2D eigenvalue weighted by molar-refractivity contribution is 5.69. The normalized spacial score (nSPS) is 12.4. The average Bonchev–Trinajstić information content (AvgIpc) is 2.68. The number of rotatable bonds is 11. The fourth-order valence-electron chi connectivity index (χ4n) is 2.82. The van der Waals surface area contributed by atoms with E-state index < -0.39 is 17.7 Å². The van der Waals surface area contributed by atoms with Gasteiger partial charge in [0.15, 0.2) is 0 Å². The molecular formula is C23H38N2O5. The molecular weight excluding hydrogens is 384 g/mol. The first-order valence-corrected chi connectivity index (χ1v) is 10.7. The summed E-state index contributed by atoms with van der Waals surface area (Å²) >= 11 is 0. The molecule has 0 heterocycles. The van der Waals surface area contributed by atoms with Crippen LogP contribution < -0.4 is 5.32 Å². The van der Waals surface area contributed by atoms with Gasteiger partial charge in [0.05, 0.1) is 6.61 Å². The van der Waals surface area contributed by atoms with Crippen LogP contribution in [0.3, 0.4) is 0 Å². The molecule has 0 radical (unpaired) electrons. The van der Waals surface area contributed by atoms with Crippen LogP contribution in [0.15, 0.2) is 30.3 Å². The molecule has 0 aliphatic rings. The quantitative estimate of drug-likeness (QED) is 0.518. The van der Waals surface area contributed by atoms with Crippen molar-refractivity contribution < 1.29 is 24.2 Å². The van der Waals surface area contributed by atoms with Gasteiger partial charge in [0.25, 0.3) is 0 Å². The zero-order valence-corrected chi connectivity index (χ0v) is 19.0. The van der Waals surface area contributed by atoms with E-state index >= 15 is 0 Å². The molecule has 1 aromatic rings. The minimum atomic E-state index is -0.505. The number of benzene rings is 1. The van der Waals surface area contributed by atoms with Gasteiger partial charge in [-0.3, -0.25) is 0 Å². The van der Waals surface area contributed by atoms with Crippen LogP contribution in [0.1, 0.15) is 59.4 Å². The van der Waals surface area contributed by atoms with Crippen molar-refractivity contribution in [3.05, 3.63) is 35.9 Å². The van der Waals surface area contributed by atoms with Crippen LogP contribution in [0.4, 0.5) is 9.59 Å². The van der Waals surface area contributed by atoms with Crippen LogP contribution in [0.5, 0.6) is 0 Å². The van der Waals surface area contributed by atoms with Gasteiger partial charge in [-0.1, -0.05) is 44.2 Å². The Balaban J connectivity index is 2.76. The van der Waals surface area contributed by atoms with E-state index in [-0.39, 0.29) is 25.9 Å². The van der Waals surface area contributed by atoms with Crippen molar-refractivity contribution in [2.45, 2.75) is 72.1 Å². The summed E-state index contributed by atoms with van der Waals surface area (Å²) in [6.07, 6.45) is 1.06. The van der Waals surface area contributed by atoms with Gasteiger partial charge in [0.2, 0.25) is 0 Å². The zero-order valence-electron chi connectivity index (χ0n) is 19.0. The van der Waals surface area contributed by atoms with Crippen LogP contribution in [0.2, 0.25) is 0 Å². The Morgan fingerprint density at radius 1 is 1.10 bits per heavy atom. The number of hydrogen-bond donors (Lipinski definition) is 2. The van der Waals surface area contributed by atoms with Gasteiger partial charge in [-0.15, -0.1) is 0 Å². The molecule has 0 saturated carbocycles. The number of amides is 2. The highest BCUT2D eigenvalue weighted by Crippen LogP contribution is 2.18. The fraction of sp³-hybridized carbons (Fsp3) is 0.652. The largest absolute Gasteiger partial charge is 0.449 e. The summed E-state index contributed by atoms with van der Waals surface area (Å²) in [5.74, 6) is 0.467. The first-order valence-electron chi connectivity index (χ1n) is 10.7. The number of carbonyl (C=O) groups is 2. The number of carbonyl (C=O) groups excluding carboxylic acids is 2. The maximum atomic E-state index is 12.6. The Kier molecular flexibility index (Phi) is 11.3. The van der Waals surface area contributed by atoms with Gasteiger partial charge in [0, 0.05) is 31.2 Å². The van der Waals surface area contributed by atoms with E-state index in [4.69, 9.17) is 14.6 Å². The molecule has 0 spiro atoms. The summed E-state index contributed by atoms with van der Waals surface area (Å²) in [5.41, 5.74) is 0.428. The van der Waals surface area contributed by atoms with Crippen LogP contribution in [0.25, 0.3) is 0 Å². The Hall–Kier alpha value is -2.28. The number of nitrogens with zero attached hydrogens (tertiary/aromatic N) is 1. The lowest BCUT2D eigenvalue weighted by molar-refractivity contribution is 0.0564. The predicted octanol–water partition coefficient (Wildman–Crippen LogP) is 4.34. The predicted molar refractivity (Wildman–Crippen MR) is 117 cm³/mol. The molecule has 1 rings (SSSR count). The van der Waals surface area contributed by atoms with Crippen molar-refractivity contribution in [1.82, 2.24) is 10.2 Å². The Labute approximate surface area is 180 Å². The van der Waals surface area contributed by atoms with E-state index in [1.807, 2.05) is 51.1 Å². The molecule has 1 unspecified atom stereocenters. The van der Waals surface area contributed by atoms with Crippen molar-refractivity contribution in [2.75, 3.05) is 19.8 Å². The number of aliphatic hydroxyl groups is 1. The van der Waals surface area contributed by atoms with E-state index in [9.17, 15) is 9.59 Å². The van der Waals surface area contributed by atoms with E-state index in [0.717, 1.165) is 12.0 Å². The Morgan fingerprint density at radius 2 is 1.77 bits per heavy atom.